The Labute approximate surface area is 613 Å². The number of hydrogen-bond acceptors (Lipinski definition) is 15. The molecule has 0 aliphatic heterocycles. The van der Waals surface area contributed by atoms with Crippen molar-refractivity contribution in [2.75, 3.05) is 39.6 Å². The fraction of sp³-hybridized carbons (Fsp3) is 0.951. The van der Waals surface area contributed by atoms with Crippen LogP contribution in [0.15, 0.2) is 0 Å². The summed E-state index contributed by atoms with van der Waals surface area (Å²) in [4.78, 5) is 73.1. The summed E-state index contributed by atoms with van der Waals surface area (Å²) in [7, 11) is -9.92. The highest BCUT2D eigenvalue weighted by molar-refractivity contribution is 7.47. The largest absolute Gasteiger partial charge is 0.472 e. The van der Waals surface area contributed by atoms with E-state index >= 15 is 0 Å². The minimum Gasteiger partial charge on any atom is -0.462 e. The average Bonchev–Trinajstić information content (AvgIpc) is 0.931. The van der Waals surface area contributed by atoms with Gasteiger partial charge in [-0.3, -0.25) is 37.3 Å². The number of rotatable bonds is 80. The van der Waals surface area contributed by atoms with Crippen LogP contribution in [0.1, 0.15) is 427 Å². The van der Waals surface area contributed by atoms with E-state index in [0.29, 0.717) is 25.7 Å². The van der Waals surface area contributed by atoms with Crippen LogP contribution in [0.3, 0.4) is 0 Å². The van der Waals surface area contributed by atoms with Crippen LogP contribution < -0.4 is 0 Å². The molecule has 0 radical (unpaired) electrons. The monoisotopic (exact) mass is 1470 g/mol. The van der Waals surface area contributed by atoms with Gasteiger partial charge in [0.1, 0.15) is 19.3 Å². The van der Waals surface area contributed by atoms with E-state index in [1.54, 1.807) is 0 Å². The Kier molecular flexibility index (Phi) is 71.2. The van der Waals surface area contributed by atoms with Gasteiger partial charge in [0.2, 0.25) is 0 Å². The van der Waals surface area contributed by atoms with Crippen molar-refractivity contribution in [1.82, 2.24) is 0 Å². The Balaban J connectivity index is 5.26. The molecule has 17 nitrogen and oxygen atoms in total. The minimum atomic E-state index is -4.96. The molecule has 0 heterocycles. The number of hydrogen-bond donors (Lipinski definition) is 3. The van der Waals surface area contributed by atoms with Crippen molar-refractivity contribution in [2.45, 2.75) is 445 Å². The van der Waals surface area contributed by atoms with E-state index in [0.717, 1.165) is 102 Å². The molecule has 0 aromatic carbocycles. The van der Waals surface area contributed by atoms with Crippen molar-refractivity contribution in [3.63, 3.8) is 0 Å². The van der Waals surface area contributed by atoms with Crippen LogP contribution in [0.25, 0.3) is 0 Å². The van der Waals surface area contributed by atoms with Gasteiger partial charge in [-0.2, -0.15) is 0 Å². The molecule has 0 aliphatic carbocycles. The third-order valence-corrected chi connectivity index (χ3v) is 21.2. The fourth-order valence-corrected chi connectivity index (χ4v) is 14.1. The molecule has 0 spiro atoms. The first-order valence-corrected chi connectivity index (χ1v) is 45.0. The summed E-state index contributed by atoms with van der Waals surface area (Å²) in [6, 6.07) is 0. The number of carbonyl (C=O) groups is 4. The number of unbranched alkanes of at least 4 members (excludes halogenated alkanes) is 49. The van der Waals surface area contributed by atoms with Crippen molar-refractivity contribution in [1.29, 1.82) is 0 Å². The Morgan fingerprint density at radius 3 is 0.760 bits per heavy atom. The molecule has 0 bridgehead atoms. The molecule has 0 amide bonds. The third-order valence-electron chi connectivity index (χ3n) is 19.3. The Morgan fingerprint density at radius 1 is 0.290 bits per heavy atom. The van der Waals surface area contributed by atoms with Crippen molar-refractivity contribution in [3.8, 4) is 0 Å². The second-order valence-corrected chi connectivity index (χ2v) is 32.8. The lowest BCUT2D eigenvalue weighted by Crippen LogP contribution is -2.30. The van der Waals surface area contributed by atoms with Crippen LogP contribution in [-0.4, -0.2) is 96.7 Å². The topological polar surface area (TPSA) is 237 Å². The van der Waals surface area contributed by atoms with Crippen molar-refractivity contribution < 1.29 is 80.2 Å². The van der Waals surface area contributed by atoms with Crippen molar-refractivity contribution >= 4 is 39.5 Å². The maximum atomic E-state index is 13.1. The molecule has 3 unspecified atom stereocenters. The normalized spacial score (nSPS) is 14.2. The highest BCUT2D eigenvalue weighted by Gasteiger charge is 2.30. The van der Waals surface area contributed by atoms with Crippen LogP contribution in [-0.2, 0) is 65.4 Å². The lowest BCUT2D eigenvalue weighted by atomic mass is 9.99. The molecule has 0 saturated carbocycles. The van der Waals surface area contributed by atoms with Gasteiger partial charge < -0.3 is 33.8 Å². The average molecular weight is 1470 g/mol. The fourth-order valence-electron chi connectivity index (χ4n) is 12.5. The van der Waals surface area contributed by atoms with Crippen LogP contribution in [0.4, 0.5) is 0 Å². The number of aliphatic hydroxyl groups excluding tert-OH is 1. The Morgan fingerprint density at radius 2 is 0.510 bits per heavy atom. The molecular weight excluding hydrogens is 1310 g/mol. The summed E-state index contributed by atoms with van der Waals surface area (Å²) in [6.07, 6.45) is 62.2. The summed E-state index contributed by atoms with van der Waals surface area (Å²) in [5, 5.41) is 10.6. The molecule has 19 heteroatoms. The summed E-state index contributed by atoms with van der Waals surface area (Å²) in [6.45, 7) is 9.69. The van der Waals surface area contributed by atoms with Gasteiger partial charge in [-0.25, -0.2) is 9.13 Å². The van der Waals surface area contributed by atoms with Gasteiger partial charge in [-0.1, -0.05) is 375 Å². The van der Waals surface area contributed by atoms with E-state index in [4.69, 9.17) is 37.0 Å². The molecule has 0 aromatic rings. The van der Waals surface area contributed by atoms with Gasteiger partial charge in [-0.15, -0.1) is 0 Å². The second-order valence-electron chi connectivity index (χ2n) is 29.9. The summed E-state index contributed by atoms with van der Waals surface area (Å²) < 4.78 is 68.8. The van der Waals surface area contributed by atoms with Gasteiger partial charge in [0, 0.05) is 25.7 Å². The van der Waals surface area contributed by atoms with Crippen molar-refractivity contribution in [3.05, 3.63) is 0 Å². The molecule has 3 N–H and O–H groups in total. The lowest BCUT2D eigenvalue weighted by Gasteiger charge is -2.21. The van der Waals surface area contributed by atoms with Gasteiger partial charge in [0.05, 0.1) is 26.4 Å². The lowest BCUT2D eigenvalue weighted by molar-refractivity contribution is -0.161. The van der Waals surface area contributed by atoms with Crippen LogP contribution in [0, 0.1) is 11.8 Å². The maximum Gasteiger partial charge on any atom is 0.472 e. The predicted molar refractivity (Wildman–Crippen MR) is 409 cm³/mol. The second kappa shape index (κ2) is 72.6. The zero-order valence-electron chi connectivity index (χ0n) is 65.5. The maximum absolute atomic E-state index is 13.1. The summed E-state index contributed by atoms with van der Waals surface area (Å²) in [5.41, 5.74) is 0. The molecule has 6 atom stereocenters. The zero-order chi connectivity index (χ0) is 73.5. The number of carbonyl (C=O) groups excluding carboxylic acids is 4. The van der Waals surface area contributed by atoms with Gasteiger partial charge in [0.15, 0.2) is 12.2 Å². The van der Waals surface area contributed by atoms with E-state index in [1.165, 1.54) is 244 Å². The van der Waals surface area contributed by atoms with Crippen LogP contribution in [0.2, 0.25) is 0 Å². The first-order valence-electron chi connectivity index (χ1n) is 42.0. The molecule has 0 fully saturated rings. The first-order chi connectivity index (χ1) is 48.4. The minimum absolute atomic E-state index is 0.107. The van der Waals surface area contributed by atoms with Crippen LogP contribution in [0.5, 0.6) is 0 Å². The molecule has 0 aromatic heterocycles. The third kappa shape index (κ3) is 73.0. The smallest absolute Gasteiger partial charge is 0.462 e. The SMILES string of the molecule is CCCCCCCCCCCCCCCCCCC(=O)OC[C@H](COP(=O)(O)OC[C@@H](O)COP(=O)(O)OC[C@@H](COC(=O)CCCCCCCCCCCCCCC)OC(=O)CCCCCCCCCCCCC(C)C)OC(=O)CCCCCCCCCCCCCCCCC(C)CC. The molecule has 0 aliphatic rings. The quantitative estimate of drug-likeness (QED) is 0.0222. The Hall–Kier alpha value is -1.94. The first kappa shape index (κ1) is 98.1. The van der Waals surface area contributed by atoms with E-state index in [9.17, 15) is 43.2 Å². The van der Waals surface area contributed by atoms with Crippen molar-refractivity contribution in [2.24, 2.45) is 11.8 Å². The van der Waals surface area contributed by atoms with E-state index < -0.39 is 97.5 Å². The van der Waals surface area contributed by atoms with Gasteiger partial charge >= 0.3 is 39.5 Å². The molecular formula is C81H158O17P2. The number of phosphoric ester groups is 2. The summed E-state index contributed by atoms with van der Waals surface area (Å²) in [5.74, 6) is -0.508. The predicted octanol–water partition coefficient (Wildman–Crippen LogP) is 24.3. The van der Waals surface area contributed by atoms with Gasteiger partial charge in [0.25, 0.3) is 0 Å². The number of esters is 4. The molecule has 100 heavy (non-hydrogen) atoms. The van der Waals surface area contributed by atoms with Crippen LogP contribution >= 0.6 is 15.6 Å². The summed E-state index contributed by atoms with van der Waals surface area (Å²) >= 11 is 0. The van der Waals surface area contributed by atoms with E-state index in [-0.39, 0.29) is 25.7 Å². The number of aliphatic hydroxyl groups is 1. The highest BCUT2D eigenvalue weighted by Crippen LogP contribution is 2.45. The zero-order valence-corrected chi connectivity index (χ0v) is 67.3. The number of ether oxygens (including phenoxy) is 4. The highest BCUT2D eigenvalue weighted by atomic mass is 31.2. The standard InChI is InChI=1S/C81H158O17P2/c1-7-10-12-14-16-18-20-22-23-24-29-33-40-46-52-58-64-79(84)92-69-76(97-80(85)65-59-53-47-41-34-30-26-25-28-31-38-44-50-56-62-74(6)9-3)71-95-99(87,88)93-67-75(82)68-94-100(89,90)96-72-77(98-81(86)66-60-54-48-42-36-35-37-43-49-55-61-73(4)5)70-91-78(83)63-57-51-45-39-32-27-21-19-17-15-13-11-8-2/h73-77,82H,7-72H2,1-6H3,(H,87,88)(H,89,90)/t74?,75-,76-,77-/m1/s1. The van der Waals surface area contributed by atoms with E-state index in [2.05, 4.69) is 41.5 Å². The molecule has 0 saturated heterocycles. The molecule has 594 valence electrons. The molecule has 0 rings (SSSR count). The number of phosphoric acid groups is 2. The van der Waals surface area contributed by atoms with Gasteiger partial charge in [-0.05, 0) is 37.5 Å². The van der Waals surface area contributed by atoms with E-state index in [1.807, 2.05) is 0 Å². The Bertz CT molecular complexity index is 1930.